The van der Waals surface area contributed by atoms with E-state index in [0.717, 1.165) is 42.3 Å². The zero-order valence-electron chi connectivity index (χ0n) is 19.5. The molecule has 0 aliphatic carbocycles. The predicted octanol–water partition coefficient (Wildman–Crippen LogP) is 4.13. The third-order valence-electron chi connectivity index (χ3n) is 7.04. The summed E-state index contributed by atoms with van der Waals surface area (Å²) in [5.41, 5.74) is 1.28. The number of ether oxygens (including phenoxy) is 1. The second-order valence-electron chi connectivity index (χ2n) is 9.65. The van der Waals surface area contributed by atoms with Gasteiger partial charge in [-0.2, -0.15) is 0 Å². The lowest BCUT2D eigenvalue weighted by Gasteiger charge is -2.46. The van der Waals surface area contributed by atoms with Gasteiger partial charge in [0.2, 0.25) is 5.91 Å². The van der Waals surface area contributed by atoms with Crippen LogP contribution in [-0.4, -0.2) is 61.2 Å². The molecule has 7 heteroatoms. The Morgan fingerprint density at radius 2 is 1.81 bits per heavy atom. The maximum atomic E-state index is 14.1. The van der Waals surface area contributed by atoms with Gasteiger partial charge in [-0.05, 0) is 50.3 Å². The van der Waals surface area contributed by atoms with Crippen molar-refractivity contribution >= 4 is 23.3 Å². The number of benzene rings is 1. The van der Waals surface area contributed by atoms with Crippen LogP contribution in [0.2, 0.25) is 5.02 Å². The summed E-state index contributed by atoms with van der Waals surface area (Å²) in [7, 11) is 3.98. The molecule has 0 bridgehead atoms. The summed E-state index contributed by atoms with van der Waals surface area (Å²) in [5.74, 6) is 1.87. The first-order chi connectivity index (χ1) is 15.2. The zero-order chi connectivity index (χ0) is 22.9. The van der Waals surface area contributed by atoms with Crippen LogP contribution in [0.5, 0.6) is 0 Å². The zero-order valence-corrected chi connectivity index (χ0v) is 20.3. The Labute approximate surface area is 195 Å². The number of aryl methyl sites for hydroxylation is 1. The molecule has 2 saturated heterocycles. The third kappa shape index (κ3) is 4.35. The molecule has 1 aromatic heterocycles. The molecular formula is C25H33ClN4O2. The van der Waals surface area contributed by atoms with Gasteiger partial charge in [-0.1, -0.05) is 30.7 Å². The Bertz CT molecular complexity index is 972. The van der Waals surface area contributed by atoms with Crippen LogP contribution in [-0.2, 0) is 20.4 Å². The number of rotatable bonds is 4. The quantitative estimate of drug-likeness (QED) is 0.692. The summed E-state index contributed by atoms with van der Waals surface area (Å²) < 4.78 is 5.65. The molecule has 0 saturated carbocycles. The molecule has 1 atom stereocenters. The summed E-state index contributed by atoms with van der Waals surface area (Å²) in [6.07, 6.45) is 3.34. The smallest absolute Gasteiger partial charge is 0.233 e. The van der Waals surface area contributed by atoms with Crippen LogP contribution in [0.1, 0.15) is 49.7 Å². The Kier molecular flexibility index (Phi) is 6.46. The normalized spacial score (nSPS) is 23.1. The molecule has 3 heterocycles. The minimum atomic E-state index is -0.558. The molecule has 0 radical (unpaired) electrons. The van der Waals surface area contributed by atoms with Crippen molar-refractivity contribution in [3.8, 4) is 0 Å². The topological polar surface area (TPSA) is 58.6 Å². The Balaban J connectivity index is 1.66. The Morgan fingerprint density at radius 3 is 2.47 bits per heavy atom. The summed E-state index contributed by atoms with van der Waals surface area (Å²) >= 11 is 6.14. The highest BCUT2D eigenvalue weighted by Gasteiger charge is 2.46. The van der Waals surface area contributed by atoms with Crippen LogP contribution in [0.25, 0.3) is 0 Å². The lowest BCUT2D eigenvalue weighted by molar-refractivity contribution is -0.143. The van der Waals surface area contributed by atoms with E-state index in [9.17, 15) is 4.79 Å². The van der Waals surface area contributed by atoms with Crippen molar-refractivity contribution in [1.29, 1.82) is 0 Å². The maximum Gasteiger partial charge on any atom is 0.233 e. The molecule has 0 N–H and O–H groups in total. The number of halogens is 1. The van der Waals surface area contributed by atoms with E-state index in [0.29, 0.717) is 37.6 Å². The van der Waals surface area contributed by atoms with Crippen molar-refractivity contribution in [2.75, 3.05) is 45.3 Å². The van der Waals surface area contributed by atoms with Gasteiger partial charge in [0.05, 0.1) is 11.1 Å². The number of hydrogen-bond acceptors (Lipinski definition) is 5. The van der Waals surface area contributed by atoms with Crippen LogP contribution < -0.4 is 4.90 Å². The number of nitrogens with zero attached hydrogens (tertiary/aromatic N) is 4. The van der Waals surface area contributed by atoms with Crippen LogP contribution in [0, 0.1) is 6.92 Å². The highest BCUT2D eigenvalue weighted by molar-refractivity contribution is 6.30. The van der Waals surface area contributed by atoms with Gasteiger partial charge >= 0.3 is 0 Å². The van der Waals surface area contributed by atoms with Crippen LogP contribution >= 0.6 is 11.6 Å². The number of hydrogen-bond donors (Lipinski definition) is 0. The molecule has 0 spiro atoms. The molecule has 1 amide bonds. The van der Waals surface area contributed by atoms with E-state index in [2.05, 4.69) is 22.9 Å². The van der Waals surface area contributed by atoms with Gasteiger partial charge in [0.15, 0.2) is 0 Å². The Morgan fingerprint density at radius 1 is 1.12 bits per heavy atom. The second kappa shape index (κ2) is 8.99. The summed E-state index contributed by atoms with van der Waals surface area (Å²) in [4.78, 5) is 27.5. The Hall–Kier alpha value is -2.18. The first-order valence-corrected chi connectivity index (χ1v) is 11.8. The van der Waals surface area contributed by atoms with Crippen LogP contribution in [0.3, 0.4) is 0 Å². The van der Waals surface area contributed by atoms with E-state index in [1.807, 2.05) is 50.2 Å². The molecular weight excluding hydrogens is 424 g/mol. The van der Waals surface area contributed by atoms with Gasteiger partial charge in [0.25, 0.3) is 0 Å². The number of piperidine rings is 1. The van der Waals surface area contributed by atoms with Gasteiger partial charge in [0.1, 0.15) is 11.6 Å². The third-order valence-corrected chi connectivity index (χ3v) is 7.29. The standard InChI is InChI=1S/C25H33ClN4O2/c1-18-27-21(16-22(28-18)29(3)4)24(2)10-5-13-30(17-24)23(31)25(11-14-32-15-12-25)19-6-8-20(26)9-7-19/h6-9,16H,5,10-15,17H2,1-4H3. The van der Waals surface area contributed by atoms with Crippen molar-refractivity contribution in [3.05, 3.63) is 52.4 Å². The van der Waals surface area contributed by atoms with E-state index < -0.39 is 5.41 Å². The second-order valence-corrected chi connectivity index (χ2v) is 10.1. The number of carbonyl (C=O) groups is 1. The molecule has 2 aromatic rings. The van der Waals surface area contributed by atoms with Gasteiger partial charge in [-0.3, -0.25) is 4.79 Å². The van der Waals surface area contributed by atoms with E-state index in [-0.39, 0.29) is 11.3 Å². The molecule has 2 fully saturated rings. The molecule has 2 aliphatic rings. The highest BCUT2D eigenvalue weighted by Crippen LogP contribution is 2.40. The van der Waals surface area contributed by atoms with Crippen molar-refractivity contribution < 1.29 is 9.53 Å². The van der Waals surface area contributed by atoms with Gasteiger partial charge < -0.3 is 14.5 Å². The first kappa shape index (κ1) is 23.0. The number of aromatic nitrogens is 2. The minimum Gasteiger partial charge on any atom is -0.381 e. The van der Waals surface area contributed by atoms with Gasteiger partial charge in [-0.25, -0.2) is 9.97 Å². The van der Waals surface area contributed by atoms with Gasteiger partial charge in [0, 0.05) is 56.9 Å². The fourth-order valence-electron chi connectivity index (χ4n) is 5.13. The van der Waals surface area contributed by atoms with Crippen molar-refractivity contribution in [2.45, 2.75) is 50.4 Å². The van der Waals surface area contributed by atoms with Crippen molar-refractivity contribution in [1.82, 2.24) is 14.9 Å². The highest BCUT2D eigenvalue weighted by atomic mass is 35.5. The van der Waals surface area contributed by atoms with Gasteiger partial charge in [-0.15, -0.1) is 0 Å². The maximum absolute atomic E-state index is 14.1. The average Bonchev–Trinajstić information content (AvgIpc) is 2.79. The molecule has 6 nitrogen and oxygen atoms in total. The molecule has 2 aliphatic heterocycles. The van der Waals surface area contributed by atoms with Crippen molar-refractivity contribution in [2.24, 2.45) is 0 Å². The largest absolute Gasteiger partial charge is 0.381 e. The monoisotopic (exact) mass is 456 g/mol. The summed E-state index contributed by atoms with van der Waals surface area (Å²) in [6, 6.07) is 9.85. The van der Waals surface area contributed by atoms with E-state index in [4.69, 9.17) is 21.3 Å². The van der Waals surface area contributed by atoms with Crippen molar-refractivity contribution in [3.63, 3.8) is 0 Å². The first-order valence-electron chi connectivity index (χ1n) is 11.4. The summed E-state index contributed by atoms with van der Waals surface area (Å²) in [6.45, 7) is 6.78. The molecule has 172 valence electrons. The van der Waals surface area contributed by atoms with E-state index >= 15 is 0 Å². The number of likely N-dealkylation sites (tertiary alicyclic amines) is 1. The lowest BCUT2D eigenvalue weighted by Crippen LogP contribution is -2.55. The van der Waals surface area contributed by atoms with E-state index in [1.54, 1.807) is 0 Å². The average molecular weight is 457 g/mol. The van der Waals surface area contributed by atoms with Crippen LogP contribution in [0.4, 0.5) is 5.82 Å². The fourth-order valence-corrected chi connectivity index (χ4v) is 5.26. The lowest BCUT2D eigenvalue weighted by atomic mass is 9.71. The molecule has 32 heavy (non-hydrogen) atoms. The number of amides is 1. The van der Waals surface area contributed by atoms with Crippen LogP contribution in [0.15, 0.2) is 30.3 Å². The predicted molar refractivity (Wildman–Crippen MR) is 127 cm³/mol. The SMILES string of the molecule is Cc1nc(N(C)C)cc(C2(C)CCCN(C(=O)C3(c4ccc(Cl)cc4)CCOCC3)C2)n1. The molecule has 1 aromatic carbocycles. The molecule has 4 rings (SSSR count). The number of carbonyl (C=O) groups excluding carboxylic acids is 1. The fraction of sp³-hybridized carbons (Fsp3) is 0.560. The summed E-state index contributed by atoms with van der Waals surface area (Å²) in [5, 5.41) is 0.685. The van der Waals surface area contributed by atoms with E-state index in [1.165, 1.54) is 0 Å². The minimum absolute atomic E-state index is 0.202. The number of anilines is 1. The molecule has 1 unspecified atom stereocenters.